The van der Waals surface area contributed by atoms with Gasteiger partial charge in [0.15, 0.2) is 0 Å². The molecule has 76 valence electrons. The molecule has 0 aromatic carbocycles. The Bertz CT molecular complexity index is 362. The van der Waals surface area contributed by atoms with Gasteiger partial charge in [0.05, 0.1) is 9.94 Å². The molecule has 2 saturated carbocycles. The number of aliphatic hydroxyl groups is 1. The van der Waals surface area contributed by atoms with Crippen molar-refractivity contribution in [2.75, 3.05) is 0 Å². The van der Waals surface area contributed by atoms with E-state index in [1.54, 1.807) is 0 Å². The van der Waals surface area contributed by atoms with E-state index in [-0.39, 0.29) is 0 Å². The monoisotopic (exact) mass is 228 g/mol. The molecule has 0 aliphatic heterocycles. The van der Waals surface area contributed by atoms with Gasteiger partial charge in [-0.25, -0.2) is 0 Å². The van der Waals surface area contributed by atoms with E-state index in [9.17, 15) is 5.11 Å². The molecule has 3 heteroatoms. The topological polar surface area (TPSA) is 20.2 Å². The van der Waals surface area contributed by atoms with Gasteiger partial charge in [-0.3, -0.25) is 0 Å². The summed E-state index contributed by atoms with van der Waals surface area (Å²) < 4.78 is 0.778. The number of fused-ring (bicyclic) bond motifs is 1. The highest BCUT2D eigenvalue weighted by Gasteiger charge is 2.55. The molecule has 1 heterocycles. The van der Waals surface area contributed by atoms with Gasteiger partial charge in [0.1, 0.15) is 0 Å². The Morgan fingerprint density at radius 2 is 2.43 bits per heavy atom. The zero-order valence-electron chi connectivity index (χ0n) is 7.87. The largest absolute Gasteiger partial charge is 0.385 e. The number of halogens is 1. The molecule has 0 saturated heterocycles. The lowest BCUT2D eigenvalue weighted by molar-refractivity contribution is -0.0156. The Morgan fingerprint density at radius 1 is 1.57 bits per heavy atom. The Morgan fingerprint density at radius 3 is 3.14 bits per heavy atom. The van der Waals surface area contributed by atoms with Crippen molar-refractivity contribution in [1.29, 1.82) is 0 Å². The van der Waals surface area contributed by atoms with Crippen molar-refractivity contribution in [3.05, 3.63) is 21.3 Å². The van der Waals surface area contributed by atoms with E-state index in [0.29, 0.717) is 5.92 Å². The van der Waals surface area contributed by atoms with Crippen LogP contribution in [0.4, 0.5) is 0 Å². The standard InChI is InChI=1S/C11H13ClOS/c12-10-8(3-5-14-10)11(13)4-1-2-7-6-9(7)11/h3,5,7,9,13H,1-2,4,6H2. The lowest BCUT2D eigenvalue weighted by Crippen LogP contribution is -2.31. The molecule has 1 N–H and O–H groups in total. The Kier molecular flexibility index (Phi) is 1.95. The van der Waals surface area contributed by atoms with Crippen LogP contribution < -0.4 is 0 Å². The molecule has 1 nitrogen and oxygen atoms in total. The molecule has 3 rings (SSSR count). The van der Waals surface area contributed by atoms with Crippen LogP contribution >= 0.6 is 22.9 Å². The van der Waals surface area contributed by atoms with E-state index < -0.39 is 5.60 Å². The molecule has 0 bridgehead atoms. The van der Waals surface area contributed by atoms with Gasteiger partial charge in [0.2, 0.25) is 0 Å². The maximum atomic E-state index is 10.6. The molecular formula is C11H13ClOS. The van der Waals surface area contributed by atoms with Gasteiger partial charge in [-0.2, -0.15) is 0 Å². The van der Waals surface area contributed by atoms with Gasteiger partial charge < -0.3 is 5.11 Å². The molecule has 1 aromatic rings. The molecular weight excluding hydrogens is 216 g/mol. The summed E-state index contributed by atoms with van der Waals surface area (Å²) in [6.45, 7) is 0. The molecule has 0 spiro atoms. The molecule has 1 aromatic heterocycles. The van der Waals surface area contributed by atoms with Crippen molar-refractivity contribution in [2.24, 2.45) is 11.8 Å². The van der Waals surface area contributed by atoms with Crippen LogP contribution in [0.2, 0.25) is 4.34 Å². The molecule has 0 radical (unpaired) electrons. The number of thiophene rings is 1. The van der Waals surface area contributed by atoms with Gasteiger partial charge in [-0.15, -0.1) is 11.3 Å². The van der Waals surface area contributed by atoms with Crippen LogP contribution in [0.3, 0.4) is 0 Å². The summed E-state index contributed by atoms with van der Waals surface area (Å²) in [7, 11) is 0. The summed E-state index contributed by atoms with van der Waals surface area (Å²) in [5, 5.41) is 12.6. The van der Waals surface area contributed by atoms with Crippen LogP contribution in [0.1, 0.15) is 31.2 Å². The molecule has 14 heavy (non-hydrogen) atoms. The number of rotatable bonds is 1. The average Bonchev–Trinajstić information content (AvgIpc) is 2.83. The molecule has 2 fully saturated rings. The first-order valence-corrected chi connectivity index (χ1v) is 6.43. The molecule has 2 aliphatic rings. The minimum absolute atomic E-state index is 0.489. The molecule has 2 aliphatic carbocycles. The SMILES string of the molecule is OC1(c2ccsc2Cl)CCCC2CC21. The predicted molar refractivity (Wildman–Crippen MR) is 58.7 cm³/mol. The Balaban J connectivity index is 1.99. The number of hydrogen-bond donors (Lipinski definition) is 1. The van der Waals surface area contributed by atoms with Crippen molar-refractivity contribution in [2.45, 2.75) is 31.3 Å². The van der Waals surface area contributed by atoms with Crippen molar-refractivity contribution in [3.63, 3.8) is 0 Å². The van der Waals surface area contributed by atoms with Gasteiger partial charge >= 0.3 is 0 Å². The minimum Gasteiger partial charge on any atom is -0.385 e. The van der Waals surface area contributed by atoms with Crippen LogP contribution in [-0.4, -0.2) is 5.11 Å². The maximum absolute atomic E-state index is 10.6. The fraction of sp³-hybridized carbons (Fsp3) is 0.636. The third-order valence-electron chi connectivity index (χ3n) is 3.75. The first-order valence-electron chi connectivity index (χ1n) is 5.17. The smallest absolute Gasteiger partial charge is 0.0989 e. The summed E-state index contributed by atoms with van der Waals surface area (Å²) in [6.07, 6.45) is 4.53. The second-order valence-corrected chi connectivity index (χ2v) is 6.04. The molecule has 0 amide bonds. The van der Waals surface area contributed by atoms with Gasteiger partial charge in [0, 0.05) is 5.56 Å². The zero-order chi connectivity index (χ0) is 9.76. The predicted octanol–water partition coefficient (Wildman–Crippen LogP) is 3.41. The van der Waals surface area contributed by atoms with Gasteiger partial charge in [-0.05, 0) is 49.0 Å². The van der Waals surface area contributed by atoms with Crippen molar-refractivity contribution >= 4 is 22.9 Å². The van der Waals surface area contributed by atoms with E-state index in [4.69, 9.17) is 11.6 Å². The molecule has 3 atom stereocenters. The maximum Gasteiger partial charge on any atom is 0.0989 e. The van der Waals surface area contributed by atoms with E-state index in [0.717, 1.165) is 28.7 Å². The highest BCUT2D eigenvalue weighted by Crippen LogP contribution is 2.60. The summed E-state index contributed by atoms with van der Waals surface area (Å²) in [5.74, 6) is 1.26. The fourth-order valence-corrected chi connectivity index (χ4v) is 3.99. The highest BCUT2D eigenvalue weighted by atomic mass is 35.5. The second kappa shape index (κ2) is 2.97. The van der Waals surface area contributed by atoms with Crippen LogP contribution in [0, 0.1) is 11.8 Å². The Labute approximate surface area is 92.7 Å². The van der Waals surface area contributed by atoms with E-state index in [1.165, 1.54) is 24.2 Å². The lowest BCUT2D eigenvalue weighted by atomic mass is 9.80. The average molecular weight is 229 g/mol. The Hall–Kier alpha value is -0.0500. The summed E-state index contributed by atoms with van der Waals surface area (Å²) in [5.41, 5.74) is 0.386. The number of hydrogen-bond acceptors (Lipinski definition) is 2. The van der Waals surface area contributed by atoms with Crippen LogP contribution in [-0.2, 0) is 5.60 Å². The van der Waals surface area contributed by atoms with Crippen LogP contribution in [0.5, 0.6) is 0 Å². The van der Waals surface area contributed by atoms with Gasteiger partial charge in [0.25, 0.3) is 0 Å². The normalized spacial score (nSPS) is 40.7. The zero-order valence-corrected chi connectivity index (χ0v) is 9.44. The van der Waals surface area contributed by atoms with Crippen molar-refractivity contribution < 1.29 is 5.11 Å². The van der Waals surface area contributed by atoms with E-state index in [1.807, 2.05) is 11.4 Å². The quantitative estimate of drug-likeness (QED) is 0.781. The first-order chi connectivity index (χ1) is 6.72. The van der Waals surface area contributed by atoms with E-state index in [2.05, 4.69) is 0 Å². The first kappa shape index (κ1) is 9.20. The summed E-state index contributed by atoms with van der Waals surface area (Å²) in [4.78, 5) is 0. The highest BCUT2D eigenvalue weighted by molar-refractivity contribution is 7.14. The third-order valence-corrected chi connectivity index (χ3v) is 4.92. The van der Waals surface area contributed by atoms with Crippen molar-refractivity contribution in [3.8, 4) is 0 Å². The summed E-state index contributed by atoms with van der Waals surface area (Å²) in [6, 6.07) is 1.99. The van der Waals surface area contributed by atoms with Crippen molar-refractivity contribution in [1.82, 2.24) is 0 Å². The van der Waals surface area contributed by atoms with E-state index >= 15 is 0 Å². The second-order valence-electron chi connectivity index (χ2n) is 4.53. The fourth-order valence-electron chi connectivity index (χ4n) is 2.91. The molecule has 3 unspecified atom stereocenters. The van der Waals surface area contributed by atoms with Crippen LogP contribution in [0.25, 0.3) is 0 Å². The lowest BCUT2D eigenvalue weighted by Gasteiger charge is -2.32. The van der Waals surface area contributed by atoms with Gasteiger partial charge in [-0.1, -0.05) is 11.6 Å². The van der Waals surface area contributed by atoms with Crippen LogP contribution in [0.15, 0.2) is 11.4 Å². The third kappa shape index (κ3) is 1.17. The minimum atomic E-state index is -0.597. The summed E-state index contributed by atoms with van der Waals surface area (Å²) >= 11 is 7.63.